The number of ether oxygens (including phenoxy) is 1. The molecule has 1 aliphatic heterocycles. The Morgan fingerprint density at radius 2 is 1.76 bits per heavy atom. The number of carbonyl (C=O) groups is 1. The van der Waals surface area contributed by atoms with Gasteiger partial charge in [0.15, 0.2) is 0 Å². The summed E-state index contributed by atoms with van der Waals surface area (Å²) in [6, 6.07) is 13.7. The Morgan fingerprint density at radius 1 is 1.08 bits per heavy atom. The van der Waals surface area contributed by atoms with Crippen LogP contribution in [0.4, 0.5) is 5.69 Å². The molecule has 2 aromatic rings. The topological polar surface area (TPSA) is 32.8 Å². The van der Waals surface area contributed by atoms with Crippen LogP contribution in [0.1, 0.15) is 11.1 Å². The number of methoxy groups -OCH3 is 1. The number of halogens is 1. The number of anilines is 1. The molecular formula is C20H23ClN2O2. The third-order valence-electron chi connectivity index (χ3n) is 4.65. The van der Waals surface area contributed by atoms with Crippen molar-refractivity contribution in [3.8, 4) is 5.75 Å². The van der Waals surface area contributed by atoms with E-state index >= 15 is 0 Å². The second-order valence-electron chi connectivity index (χ2n) is 6.32. The van der Waals surface area contributed by atoms with Crippen molar-refractivity contribution in [1.82, 2.24) is 4.90 Å². The predicted molar refractivity (Wildman–Crippen MR) is 102 cm³/mol. The van der Waals surface area contributed by atoms with E-state index < -0.39 is 0 Å². The monoisotopic (exact) mass is 358 g/mol. The molecule has 0 radical (unpaired) electrons. The van der Waals surface area contributed by atoms with Gasteiger partial charge in [-0.05, 0) is 48.4 Å². The van der Waals surface area contributed by atoms with Crippen LogP contribution in [0.5, 0.6) is 5.75 Å². The van der Waals surface area contributed by atoms with E-state index in [2.05, 4.69) is 17.9 Å². The fourth-order valence-corrected chi connectivity index (χ4v) is 3.43. The molecule has 132 valence electrons. The molecule has 1 amide bonds. The zero-order valence-electron chi connectivity index (χ0n) is 14.7. The van der Waals surface area contributed by atoms with Crippen LogP contribution in [-0.4, -0.2) is 44.1 Å². The van der Waals surface area contributed by atoms with Crippen molar-refractivity contribution in [2.75, 3.05) is 38.2 Å². The Labute approximate surface area is 154 Å². The summed E-state index contributed by atoms with van der Waals surface area (Å²) < 4.78 is 5.15. The van der Waals surface area contributed by atoms with Gasteiger partial charge in [0.1, 0.15) is 5.75 Å². The number of aryl methyl sites for hydroxylation is 1. The number of piperazine rings is 1. The molecule has 0 spiro atoms. The van der Waals surface area contributed by atoms with Crippen LogP contribution in [0.2, 0.25) is 5.02 Å². The van der Waals surface area contributed by atoms with E-state index in [9.17, 15) is 4.79 Å². The Balaban J connectivity index is 1.56. The lowest BCUT2D eigenvalue weighted by Crippen LogP contribution is -2.49. The zero-order chi connectivity index (χ0) is 17.8. The number of benzene rings is 2. The highest BCUT2D eigenvalue weighted by Crippen LogP contribution is 2.24. The number of amides is 1. The van der Waals surface area contributed by atoms with Crippen LogP contribution in [0.15, 0.2) is 42.5 Å². The standard InChI is InChI=1S/C20H23ClN2O2/c1-15-13-17(21)5-8-19(15)22-9-11-23(12-10-22)20(24)14-16-3-6-18(25-2)7-4-16/h3-8,13H,9-12,14H2,1-2H3. The minimum absolute atomic E-state index is 0.178. The molecule has 0 N–H and O–H groups in total. The summed E-state index contributed by atoms with van der Waals surface area (Å²) in [5.41, 5.74) is 3.39. The number of rotatable bonds is 4. The van der Waals surface area contributed by atoms with Gasteiger partial charge in [0, 0.05) is 36.9 Å². The lowest BCUT2D eigenvalue weighted by atomic mass is 10.1. The molecule has 1 fully saturated rings. The summed E-state index contributed by atoms with van der Waals surface area (Å²) in [4.78, 5) is 16.8. The van der Waals surface area contributed by atoms with Crippen molar-refractivity contribution in [3.05, 3.63) is 58.6 Å². The summed E-state index contributed by atoms with van der Waals surface area (Å²) in [6.45, 7) is 5.25. The Kier molecular flexibility index (Phi) is 5.49. The third kappa shape index (κ3) is 4.26. The molecular weight excluding hydrogens is 336 g/mol. The minimum atomic E-state index is 0.178. The zero-order valence-corrected chi connectivity index (χ0v) is 15.4. The van der Waals surface area contributed by atoms with Gasteiger partial charge in [0.2, 0.25) is 5.91 Å². The van der Waals surface area contributed by atoms with Crippen molar-refractivity contribution in [2.45, 2.75) is 13.3 Å². The number of hydrogen-bond acceptors (Lipinski definition) is 3. The van der Waals surface area contributed by atoms with Gasteiger partial charge >= 0.3 is 0 Å². The molecule has 0 aromatic heterocycles. The lowest BCUT2D eigenvalue weighted by Gasteiger charge is -2.37. The number of hydrogen-bond donors (Lipinski definition) is 0. The quantitative estimate of drug-likeness (QED) is 0.838. The van der Waals surface area contributed by atoms with Crippen molar-refractivity contribution >= 4 is 23.2 Å². The average Bonchev–Trinajstić information content (AvgIpc) is 2.62. The van der Waals surface area contributed by atoms with Crippen molar-refractivity contribution in [2.24, 2.45) is 0 Å². The molecule has 1 aliphatic rings. The van der Waals surface area contributed by atoms with Crippen LogP contribution in [0.25, 0.3) is 0 Å². The van der Waals surface area contributed by atoms with E-state index in [1.165, 1.54) is 11.3 Å². The van der Waals surface area contributed by atoms with E-state index in [1.54, 1.807) is 7.11 Å². The summed E-state index contributed by atoms with van der Waals surface area (Å²) >= 11 is 6.04. The van der Waals surface area contributed by atoms with Gasteiger partial charge in [0.05, 0.1) is 13.5 Å². The molecule has 1 heterocycles. The van der Waals surface area contributed by atoms with Crippen LogP contribution >= 0.6 is 11.6 Å². The van der Waals surface area contributed by atoms with Gasteiger partial charge < -0.3 is 14.5 Å². The van der Waals surface area contributed by atoms with Crippen molar-refractivity contribution < 1.29 is 9.53 Å². The molecule has 0 unspecified atom stereocenters. The molecule has 0 aliphatic carbocycles. The second kappa shape index (κ2) is 7.79. The van der Waals surface area contributed by atoms with Gasteiger partial charge in [0.25, 0.3) is 0 Å². The molecule has 0 saturated carbocycles. The normalized spacial score (nSPS) is 14.5. The fourth-order valence-electron chi connectivity index (χ4n) is 3.20. The number of carbonyl (C=O) groups excluding carboxylic acids is 1. The smallest absolute Gasteiger partial charge is 0.227 e. The second-order valence-corrected chi connectivity index (χ2v) is 6.76. The first-order valence-electron chi connectivity index (χ1n) is 8.48. The van der Waals surface area contributed by atoms with Crippen LogP contribution in [-0.2, 0) is 11.2 Å². The third-order valence-corrected chi connectivity index (χ3v) is 4.88. The van der Waals surface area contributed by atoms with E-state index in [0.717, 1.165) is 42.5 Å². The molecule has 25 heavy (non-hydrogen) atoms. The van der Waals surface area contributed by atoms with Gasteiger partial charge in [-0.15, -0.1) is 0 Å². The van der Waals surface area contributed by atoms with Crippen molar-refractivity contribution in [3.63, 3.8) is 0 Å². The van der Waals surface area contributed by atoms with Gasteiger partial charge in [-0.25, -0.2) is 0 Å². The van der Waals surface area contributed by atoms with Gasteiger partial charge in [-0.1, -0.05) is 23.7 Å². The minimum Gasteiger partial charge on any atom is -0.497 e. The van der Waals surface area contributed by atoms with E-state index in [-0.39, 0.29) is 5.91 Å². The Morgan fingerprint density at radius 3 is 2.36 bits per heavy atom. The maximum Gasteiger partial charge on any atom is 0.227 e. The average molecular weight is 359 g/mol. The molecule has 2 aromatic carbocycles. The Hall–Kier alpha value is -2.20. The summed E-state index contributed by atoms with van der Waals surface area (Å²) in [6.07, 6.45) is 0.434. The summed E-state index contributed by atoms with van der Waals surface area (Å²) in [5.74, 6) is 0.987. The van der Waals surface area contributed by atoms with Crippen LogP contribution in [0.3, 0.4) is 0 Å². The Bertz CT molecular complexity index is 738. The molecule has 3 rings (SSSR count). The molecule has 0 bridgehead atoms. The maximum absolute atomic E-state index is 12.5. The SMILES string of the molecule is COc1ccc(CC(=O)N2CCN(c3ccc(Cl)cc3C)CC2)cc1. The first-order chi connectivity index (χ1) is 12.1. The fraction of sp³-hybridized carbons (Fsp3) is 0.350. The molecule has 4 nitrogen and oxygen atoms in total. The van der Waals surface area contributed by atoms with Crippen LogP contribution in [0, 0.1) is 6.92 Å². The summed E-state index contributed by atoms with van der Waals surface area (Å²) in [5, 5.41) is 0.759. The van der Waals surface area contributed by atoms with E-state index in [0.29, 0.717) is 6.42 Å². The molecule has 1 saturated heterocycles. The highest BCUT2D eigenvalue weighted by atomic mass is 35.5. The van der Waals surface area contributed by atoms with Crippen molar-refractivity contribution in [1.29, 1.82) is 0 Å². The molecule has 5 heteroatoms. The summed E-state index contributed by atoms with van der Waals surface area (Å²) in [7, 11) is 1.64. The first kappa shape index (κ1) is 17.6. The largest absolute Gasteiger partial charge is 0.497 e. The highest BCUT2D eigenvalue weighted by molar-refractivity contribution is 6.30. The predicted octanol–water partition coefficient (Wildman–Crippen LogP) is 3.55. The molecule has 0 atom stereocenters. The number of nitrogens with zero attached hydrogens (tertiary/aromatic N) is 2. The lowest BCUT2D eigenvalue weighted by molar-refractivity contribution is -0.130. The van der Waals surface area contributed by atoms with Gasteiger partial charge in [-0.2, -0.15) is 0 Å². The highest BCUT2D eigenvalue weighted by Gasteiger charge is 2.22. The first-order valence-corrected chi connectivity index (χ1v) is 8.86. The van der Waals surface area contributed by atoms with E-state index in [4.69, 9.17) is 16.3 Å². The maximum atomic E-state index is 12.5. The van der Waals surface area contributed by atoms with Gasteiger partial charge in [-0.3, -0.25) is 4.79 Å². The van der Waals surface area contributed by atoms with E-state index in [1.807, 2.05) is 41.3 Å². The van der Waals surface area contributed by atoms with Crippen LogP contribution < -0.4 is 9.64 Å².